The summed E-state index contributed by atoms with van der Waals surface area (Å²) >= 11 is 0. The van der Waals surface area contributed by atoms with Gasteiger partial charge in [0.05, 0.1) is 0 Å². The third-order valence-electron chi connectivity index (χ3n) is 12.8. The third kappa shape index (κ3) is 15.0. The molecule has 3 saturated carbocycles. The van der Waals surface area contributed by atoms with Gasteiger partial charge in [-0.1, -0.05) is 129 Å². The van der Waals surface area contributed by atoms with Crippen molar-refractivity contribution in [3.63, 3.8) is 0 Å². The van der Waals surface area contributed by atoms with Gasteiger partial charge in [-0.3, -0.25) is 0 Å². The van der Waals surface area contributed by atoms with E-state index in [2.05, 4.69) is 144 Å². The molecule has 0 atom stereocenters. The van der Waals surface area contributed by atoms with Gasteiger partial charge in [-0.2, -0.15) is 0 Å². The van der Waals surface area contributed by atoms with Crippen molar-refractivity contribution in [2.75, 3.05) is 0 Å². The fourth-order valence-electron chi connectivity index (χ4n) is 9.12. The van der Waals surface area contributed by atoms with Crippen LogP contribution < -0.4 is 0 Å². The highest BCUT2D eigenvalue weighted by atomic mass is 14.3. The topological polar surface area (TPSA) is 0 Å². The van der Waals surface area contributed by atoms with Gasteiger partial charge in [0.15, 0.2) is 0 Å². The highest BCUT2D eigenvalue weighted by Crippen LogP contribution is 2.39. The second kappa shape index (κ2) is 24.9. The second-order valence-corrected chi connectivity index (χ2v) is 16.7. The van der Waals surface area contributed by atoms with Gasteiger partial charge in [0.25, 0.3) is 0 Å². The molecule has 3 aliphatic rings. The quantitative estimate of drug-likeness (QED) is 0.154. The van der Waals surface area contributed by atoms with Gasteiger partial charge in [-0.05, 0) is 193 Å². The standard InChI is InChI=1S/C19H26.C18H26.C17H24.3H2/c1-3-5-7-17-10-14-19(15-11-17)18-12-8-16(6-4-2)9-13-18;1-3-5-6-16-9-13-18(14-10-16)17-11-7-15(4-2)8-12-17;1-3-4-5-15-8-12-17(13-9-15)16-10-6-14(2)7-11-16;;;/h3-4,6,10-11,14-16,18H,1,5,7-9,12-13H2,2H3;3,7-8,11-12,16,18H,1,4-6,9-10,13-14H2,2H3;4-7,10-11,15,17H,3,8-9,12-13H2,1-2H3;3*1H/b6-4+;;5-4+;;;. The first-order valence-electron chi connectivity index (χ1n) is 22.2. The lowest BCUT2D eigenvalue weighted by molar-refractivity contribution is 0.312. The van der Waals surface area contributed by atoms with Crippen molar-refractivity contribution < 1.29 is 4.28 Å². The van der Waals surface area contributed by atoms with E-state index in [1.54, 1.807) is 16.7 Å². The van der Waals surface area contributed by atoms with E-state index in [9.17, 15) is 0 Å². The summed E-state index contributed by atoms with van der Waals surface area (Å²) in [6.07, 6.45) is 36.9. The Morgan fingerprint density at radius 3 is 1.44 bits per heavy atom. The van der Waals surface area contributed by atoms with E-state index in [0.29, 0.717) is 0 Å². The smallest absolute Gasteiger partial charge is 0 e. The van der Waals surface area contributed by atoms with Gasteiger partial charge in [0.2, 0.25) is 0 Å². The molecule has 3 aliphatic carbocycles. The summed E-state index contributed by atoms with van der Waals surface area (Å²) < 4.78 is 0. The van der Waals surface area contributed by atoms with E-state index in [1.807, 2.05) is 6.08 Å². The Morgan fingerprint density at radius 1 is 0.556 bits per heavy atom. The largest absolute Gasteiger partial charge is 0.103 e. The molecule has 0 aliphatic heterocycles. The Morgan fingerprint density at radius 2 is 1.00 bits per heavy atom. The number of rotatable bonds is 13. The molecule has 0 heteroatoms. The number of hydrogen-bond acceptors (Lipinski definition) is 0. The normalized spacial score (nSPS) is 24.2. The lowest BCUT2D eigenvalue weighted by Gasteiger charge is -2.28. The predicted octanol–water partition coefficient (Wildman–Crippen LogP) is 17.1. The van der Waals surface area contributed by atoms with Crippen LogP contribution >= 0.6 is 0 Å². The molecular weight excluding hydrogens is 649 g/mol. The zero-order valence-corrected chi connectivity index (χ0v) is 35.0. The van der Waals surface area contributed by atoms with Crippen LogP contribution in [0, 0.1) is 24.7 Å². The van der Waals surface area contributed by atoms with E-state index in [0.717, 1.165) is 54.8 Å². The summed E-state index contributed by atoms with van der Waals surface area (Å²) in [5, 5.41) is 0. The maximum atomic E-state index is 3.82. The van der Waals surface area contributed by atoms with Crippen molar-refractivity contribution in [2.24, 2.45) is 17.8 Å². The lowest BCUT2D eigenvalue weighted by Crippen LogP contribution is -2.13. The first-order chi connectivity index (χ1) is 26.5. The van der Waals surface area contributed by atoms with Crippen molar-refractivity contribution >= 4 is 0 Å². The molecular formula is C54H82. The molecule has 0 N–H and O–H groups in total. The molecule has 0 unspecified atom stereocenters. The van der Waals surface area contributed by atoms with Gasteiger partial charge < -0.3 is 0 Å². The van der Waals surface area contributed by atoms with Crippen molar-refractivity contribution in [2.45, 2.75) is 161 Å². The van der Waals surface area contributed by atoms with Gasteiger partial charge in [-0.15, -0.1) is 13.2 Å². The molecule has 3 aromatic carbocycles. The van der Waals surface area contributed by atoms with Crippen LogP contribution in [-0.2, 0) is 12.8 Å². The highest BCUT2D eigenvalue weighted by Gasteiger charge is 2.23. The molecule has 0 aromatic heterocycles. The van der Waals surface area contributed by atoms with Gasteiger partial charge in [0.1, 0.15) is 0 Å². The number of aryl methyl sites for hydroxylation is 3. The van der Waals surface area contributed by atoms with Crippen LogP contribution in [0.15, 0.2) is 122 Å². The van der Waals surface area contributed by atoms with Crippen LogP contribution in [0.25, 0.3) is 0 Å². The fraction of sp³-hybridized carbons (Fsp3) is 0.519. The van der Waals surface area contributed by atoms with Crippen LogP contribution in [0.5, 0.6) is 0 Å². The molecule has 3 fully saturated rings. The first-order valence-corrected chi connectivity index (χ1v) is 22.2. The average molecular weight is 731 g/mol. The summed E-state index contributed by atoms with van der Waals surface area (Å²) in [7, 11) is 0. The minimum Gasteiger partial charge on any atom is -0.103 e. The maximum Gasteiger partial charge on any atom is 0 e. The van der Waals surface area contributed by atoms with Crippen molar-refractivity contribution in [3.05, 3.63) is 156 Å². The first kappa shape index (κ1) is 43.3. The number of allylic oxidation sites excluding steroid dienone is 6. The summed E-state index contributed by atoms with van der Waals surface area (Å²) in [5.41, 5.74) is 8.92. The van der Waals surface area contributed by atoms with Crippen molar-refractivity contribution in [3.8, 4) is 0 Å². The molecule has 6 rings (SSSR count). The minimum atomic E-state index is 0. The molecule has 0 bridgehead atoms. The Hall–Kier alpha value is -3.38. The Labute approximate surface area is 337 Å². The lowest BCUT2D eigenvalue weighted by atomic mass is 9.77. The molecule has 0 nitrogen and oxygen atoms in total. The van der Waals surface area contributed by atoms with Crippen LogP contribution in [-0.4, -0.2) is 0 Å². The molecule has 0 amide bonds. The molecule has 0 radical (unpaired) electrons. The summed E-state index contributed by atoms with van der Waals surface area (Å²) in [5.74, 6) is 5.03. The molecule has 0 saturated heterocycles. The third-order valence-corrected chi connectivity index (χ3v) is 12.8. The zero-order valence-electron chi connectivity index (χ0n) is 35.0. The van der Waals surface area contributed by atoms with Crippen LogP contribution in [0.3, 0.4) is 0 Å². The molecule has 54 heavy (non-hydrogen) atoms. The van der Waals surface area contributed by atoms with E-state index in [1.165, 1.54) is 113 Å². The van der Waals surface area contributed by atoms with E-state index in [4.69, 9.17) is 0 Å². The van der Waals surface area contributed by atoms with Crippen LogP contribution in [0.2, 0.25) is 0 Å². The molecule has 0 spiro atoms. The van der Waals surface area contributed by atoms with Gasteiger partial charge >= 0.3 is 0 Å². The van der Waals surface area contributed by atoms with E-state index < -0.39 is 0 Å². The minimum absolute atomic E-state index is 0. The molecule has 3 aromatic rings. The van der Waals surface area contributed by atoms with Gasteiger partial charge in [-0.25, -0.2) is 0 Å². The van der Waals surface area contributed by atoms with E-state index >= 15 is 0 Å². The Kier molecular flexibility index (Phi) is 20.0. The SMILES string of the molecule is C=CCCC1CCC(c2ccc(CC)cc2)CC1.C=CCCc1ccc(C2CCC(/C=C/C)CC2)cc1.CC/C=C/C1CCC(c2ccc(C)cc2)CC1.[HH].[HH].[HH]. The van der Waals surface area contributed by atoms with Gasteiger partial charge in [0, 0.05) is 4.28 Å². The average Bonchev–Trinajstić information content (AvgIpc) is 3.23. The Balaban J connectivity index is 0.000000417. The summed E-state index contributed by atoms with van der Waals surface area (Å²) in [4.78, 5) is 0. The van der Waals surface area contributed by atoms with Crippen LogP contribution in [0.1, 0.15) is 179 Å². The monoisotopic (exact) mass is 731 g/mol. The Bertz CT molecular complexity index is 1490. The summed E-state index contributed by atoms with van der Waals surface area (Å²) in [6, 6.07) is 27.8. The molecule has 0 heterocycles. The predicted molar refractivity (Wildman–Crippen MR) is 246 cm³/mol. The second-order valence-electron chi connectivity index (χ2n) is 16.7. The van der Waals surface area contributed by atoms with Crippen molar-refractivity contribution in [1.29, 1.82) is 0 Å². The number of hydrogen-bond donors (Lipinski definition) is 0. The van der Waals surface area contributed by atoms with Crippen LogP contribution in [0.4, 0.5) is 0 Å². The van der Waals surface area contributed by atoms with E-state index in [-0.39, 0.29) is 4.28 Å². The molecule has 298 valence electrons. The fourth-order valence-corrected chi connectivity index (χ4v) is 9.12. The number of benzene rings is 3. The maximum absolute atomic E-state index is 3.82. The zero-order chi connectivity index (χ0) is 38.4. The summed E-state index contributed by atoms with van der Waals surface area (Å²) in [6.45, 7) is 16.3. The highest BCUT2D eigenvalue weighted by molar-refractivity contribution is 5.28. The van der Waals surface area contributed by atoms with Crippen molar-refractivity contribution in [1.82, 2.24) is 0 Å².